The van der Waals surface area contributed by atoms with Crippen LogP contribution in [-0.4, -0.2) is 39.0 Å². The Morgan fingerprint density at radius 2 is 2.17 bits per heavy atom. The molecule has 0 spiro atoms. The Morgan fingerprint density at radius 3 is 2.83 bits per heavy atom. The number of carbonyl (C=O) groups excluding carboxylic acids is 1. The molecule has 2 aliphatic heterocycles. The van der Waals surface area contributed by atoms with Gasteiger partial charge in [0.1, 0.15) is 0 Å². The van der Waals surface area contributed by atoms with E-state index in [1.165, 1.54) is 12.8 Å². The lowest BCUT2D eigenvalue weighted by Gasteiger charge is -2.29. The molecule has 1 aromatic rings. The molecular weight excluding hydrogens is 230 g/mol. The van der Waals surface area contributed by atoms with Gasteiger partial charge < -0.3 is 10.6 Å². The van der Waals surface area contributed by atoms with Crippen LogP contribution in [-0.2, 0) is 11.3 Å². The van der Waals surface area contributed by atoms with E-state index in [0.717, 1.165) is 12.8 Å². The maximum Gasteiger partial charge on any atom is 0.222 e. The van der Waals surface area contributed by atoms with Gasteiger partial charge in [0.2, 0.25) is 5.91 Å². The zero-order valence-electron chi connectivity index (χ0n) is 10.4. The molecule has 0 radical (unpaired) electrons. The molecule has 1 aromatic heterocycles. The van der Waals surface area contributed by atoms with Crippen molar-refractivity contribution >= 4 is 5.91 Å². The van der Waals surface area contributed by atoms with Crippen LogP contribution in [0.15, 0.2) is 12.4 Å². The van der Waals surface area contributed by atoms with Crippen molar-refractivity contribution in [3.8, 4) is 0 Å². The average Bonchev–Trinajstić information content (AvgIpc) is 2.97. The lowest BCUT2D eigenvalue weighted by atomic mass is 10.00. The Morgan fingerprint density at radius 1 is 1.39 bits per heavy atom. The third-order valence-corrected chi connectivity index (χ3v) is 3.88. The predicted octanol–water partition coefficient (Wildman–Crippen LogP) is 0.0674. The Labute approximate surface area is 106 Å². The van der Waals surface area contributed by atoms with Gasteiger partial charge in [0.15, 0.2) is 0 Å². The highest BCUT2D eigenvalue weighted by Gasteiger charge is 2.33. The monoisotopic (exact) mass is 249 g/mol. The molecule has 2 aliphatic rings. The first-order valence-electron chi connectivity index (χ1n) is 6.69. The predicted molar refractivity (Wildman–Crippen MR) is 65.7 cm³/mol. The first-order valence-corrected chi connectivity index (χ1v) is 6.69. The first kappa shape index (κ1) is 11.6. The molecule has 18 heavy (non-hydrogen) atoms. The summed E-state index contributed by atoms with van der Waals surface area (Å²) < 4.78 is 1.69. The van der Waals surface area contributed by atoms with Crippen LogP contribution in [0.4, 0.5) is 0 Å². The number of piperidine rings is 1. The summed E-state index contributed by atoms with van der Waals surface area (Å²) in [7, 11) is 0. The molecule has 98 valence electrons. The van der Waals surface area contributed by atoms with Crippen LogP contribution >= 0.6 is 0 Å². The van der Waals surface area contributed by atoms with Crippen LogP contribution in [0, 0.1) is 0 Å². The Hall–Kier alpha value is -1.43. The van der Waals surface area contributed by atoms with Crippen LogP contribution in [0.3, 0.4) is 0 Å². The molecule has 1 amide bonds. The molecule has 2 N–H and O–H groups in total. The number of fused-ring (bicyclic) bond motifs is 2. The van der Waals surface area contributed by atoms with E-state index < -0.39 is 0 Å². The number of hydrogen-bond acceptors (Lipinski definition) is 4. The fraction of sp³-hybridized carbons (Fsp3) is 0.750. The van der Waals surface area contributed by atoms with Gasteiger partial charge in [-0.3, -0.25) is 9.48 Å². The minimum atomic E-state index is 0.122. The lowest BCUT2D eigenvalue weighted by molar-refractivity contribution is -0.122. The molecule has 6 heteroatoms. The standard InChI is InChI=1S/C12H19N5O/c18-12(3-5-17-6-4-13-16-17)15-11-7-9-1-2-10(8-11)14-9/h4,6,9-11,14H,1-3,5,7-8H2,(H,15,18). The maximum absolute atomic E-state index is 11.8. The zero-order valence-corrected chi connectivity index (χ0v) is 10.4. The molecule has 2 saturated heterocycles. The van der Waals surface area contributed by atoms with Gasteiger partial charge in [-0.15, -0.1) is 5.10 Å². The van der Waals surface area contributed by atoms with E-state index in [2.05, 4.69) is 20.9 Å². The molecule has 0 saturated carbocycles. The quantitative estimate of drug-likeness (QED) is 0.792. The molecular formula is C12H19N5O. The number of rotatable bonds is 4. The first-order chi connectivity index (χ1) is 8.79. The second-order valence-corrected chi connectivity index (χ2v) is 5.29. The molecule has 2 bridgehead atoms. The van der Waals surface area contributed by atoms with Crippen LogP contribution in [0.1, 0.15) is 32.1 Å². The van der Waals surface area contributed by atoms with Crippen molar-refractivity contribution in [2.75, 3.05) is 0 Å². The van der Waals surface area contributed by atoms with E-state index in [1.807, 2.05) is 0 Å². The molecule has 0 aromatic carbocycles. The van der Waals surface area contributed by atoms with Crippen molar-refractivity contribution in [3.63, 3.8) is 0 Å². The number of hydrogen-bond donors (Lipinski definition) is 2. The van der Waals surface area contributed by atoms with Crippen molar-refractivity contribution in [1.29, 1.82) is 0 Å². The summed E-state index contributed by atoms with van der Waals surface area (Å²) in [5.41, 5.74) is 0. The third-order valence-electron chi connectivity index (χ3n) is 3.88. The van der Waals surface area contributed by atoms with Crippen LogP contribution in [0.5, 0.6) is 0 Å². The normalized spacial score (nSPS) is 30.3. The van der Waals surface area contributed by atoms with Crippen molar-refractivity contribution in [1.82, 2.24) is 25.6 Å². The summed E-state index contributed by atoms with van der Waals surface area (Å²) in [6, 6.07) is 1.58. The summed E-state index contributed by atoms with van der Waals surface area (Å²) in [4.78, 5) is 11.8. The molecule has 2 atom stereocenters. The summed E-state index contributed by atoms with van der Waals surface area (Å²) >= 11 is 0. The molecule has 3 rings (SSSR count). The van der Waals surface area contributed by atoms with E-state index in [4.69, 9.17) is 0 Å². The number of carbonyl (C=O) groups is 1. The van der Waals surface area contributed by atoms with E-state index in [0.29, 0.717) is 31.1 Å². The minimum absolute atomic E-state index is 0.122. The van der Waals surface area contributed by atoms with E-state index in [1.54, 1.807) is 17.1 Å². The van der Waals surface area contributed by atoms with Crippen LogP contribution in [0.2, 0.25) is 0 Å². The third kappa shape index (κ3) is 2.69. The van der Waals surface area contributed by atoms with Crippen LogP contribution in [0.25, 0.3) is 0 Å². The molecule has 2 fully saturated rings. The van der Waals surface area contributed by atoms with E-state index >= 15 is 0 Å². The van der Waals surface area contributed by atoms with Gasteiger partial charge in [0.05, 0.1) is 12.7 Å². The summed E-state index contributed by atoms with van der Waals surface area (Å²) in [5.74, 6) is 0.122. The summed E-state index contributed by atoms with van der Waals surface area (Å²) in [6.07, 6.45) is 8.55. The Bertz CT molecular complexity index is 393. The highest BCUT2D eigenvalue weighted by molar-refractivity contribution is 5.76. The molecule has 3 heterocycles. The number of nitrogens with zero attached hydrogens (tertiary/aromatic N) is 3. The number of aryl methyl sites for hydroxylation is 1. The SMILES string of the molecule is O=C(CCn1ccnn1)NC1CC2CCC(C1)N2. The molecule has 0 aliphatic carbocycles. The van der Waals surface area contributed by atoms with Gasteiger partial charge in [-0.2, -0.15) is 0 Å². The van der Waals surface area contributed by atoms with Gasteiger partial charge >= 0.3 is 0 Å². The number of nitrogens with one attached hydrogen (secondary N) is 2. The maximum atomic E-state index is 11.8. The highest BCUT2D eigenvalue weighted by Crippen LogP contribution is 2.26. The Balaban J connectivity index is 1.43. The van der Waals surface area contributed by atoms with Crippen molar-refractivity contribution in [2.45, 2.75) is 56.8 Å². The Kier molecular flexibility index (Phi) is 3.27. The van der Waals surface area contributed by atoms with Crippen LogP contribution < -0.4 is 10.6 Å². The van der Waals surface area contributed by atoms with Crippen molar-refractivity contribution in [2.24, 2.45) is 0 Å². The molecule has 2 unspecified atom stereocenters. The fourth-order valence-electron chi connectivity index (χ4n) is 3.04. The van der Waals surface area contributed by atoms with Crippen molar-refractivity contribution in [3.05, 3.63) is 12.4 Å². The van der Waals surface area contributed by atoms with E-state index in [-0.39, 0.29) is 5.91 Å². The summed E-state index contributed by atoms with van der Waals surface area (Å²) in [5, 5.41) is 14.3. The van der Waals surface area contributed by atoms with Crippen molar-refractivity contribution < 1.29 is 4.79 Å². The number of aromatic nitrogens is 3. The largest absolute Gasteiger partial charge is 0.353 e. The second-order valence-electron chi connectivity index (χ2n) is 5.29. The van der Waals surface area contributed by atoms with Gasteiger partial charge in [0, 0.05) is 30.7 Å². The highest BCUT2D eigenvalue weighted by atomic mass is 16.1. The second kappa shape index (κ2) is 5.06. The summed E-state index contributed by atoms with van der Waals surface area (Å²) in [6.45, 7) is 0.601. The fourth-order valence-corrected chi connectivity index (χ4v) is 3.04. The van der Waals surface area contributed by atoms with Gasteiger partial charge in [-0.1, -0.05) is 5.21 Å². The van der Waals surface area contributed by atoms with Gasteiger partial charge in [0.25, 0.3) is 0 Å². The average molecular weight is 249 g/mol. The minimum Gasteiger partial charge on any atom is -0.353 e. The van der Waals surface area contributed by atoms with Gasteiger partial charge in [-0.05, 0) is 25.7 Å². The topological polar surface area (TPSA) is 71.8 Å². The van der Waals surface area contributed by atoms with E-state index in [9.17, 15) is 4.79 Å². The smallest absolute Gasteiger partial charge is 0.222 e. The lowest BCUT2D eigenvalue weighted by Crippen LogP contribution is -2.48. The molecule has 6 nitrogen and oxygen atoms in total. The zero-order chi connectivity index (χ0) is 12.4. The number of amides is 1. The van der Waals surface area contributed by atoms with Gasteiger partial charge in [-0.25, -0.2) is 0 Å².